The van der Waals surface area contributed by atoms with E-state index in [0.717, 1.165) is 11.3 Å². The van der Waals surface area contributed by atoms with E-state index in [2.05, 4.69) is 15.6 Å². The van der Waals surface area contributed by atoms with Crippen LogP contribution in [0.5, 0.6) is 5.75 Å². The van der Waals surface area contributed by atoms with Crippen molar-refractivity contribution in [2.24, 2.45) is 0 Å². The molecule has 0 aliphatic rings. The van der Waals surface area contributed by atoms with E-state index in [-0.39, 0.29) is 29.4 Å². The van der Waals surface area contributed by atoms with Crippen LogP contribution in [-0.4, -0.2) is 31.9 Å². The molecule has 3 rings (SSSR count). The van der Waals surface area contributed by atoms with Crippen molar-refractivity contribution in [2.45, 2.75) is 39.8 Å². The van der Waals surface area contributed by atoms with Gasteiger partial charge in [0.05, 0.1) is 28.5 Å². The molecule has 1 atom stereocenters. The molecule has 1 N–H and O–H groups in total. The van der Waals surface area contributed by atoms with E-state index in [1.54, 1.807) is 19.1 Å². The topological polar surface area (TPSA) is 112 Å². The Kier molecular flexibility index (Phi) is 6.10. The van der Waals surface area contributed by atoms with Gasteiger partial charge in [0.2, 0.25) is 0 Å². The summed E-state index contributed by atoms with van der Waals surface area (Å²) in [6.45, 7) is 7.50. The summed E-state index contributed by atoms with van der Waals surface area (Å²) >= 11 is 0. The van der Waals surface area contributed by atoms with E-state index >= 15 is 0 Å². The molecule has 3 aromatic rings. The number of nitrogens with one attached hydrogen (secondary N) is 1. The maximum atomic E-state index is 12.8. The largest absolute Gasteiger partial charge is 0.491 e. The molecule has 156 valence electrons. The zero-order valence-electron chi connectivity index (χ0n) is 17.2. The van der Waals surface area contributed by atoms with Crippen molar-refractivity contribution in [1.82, 2.24) is 20.3 Å². The van der Waals surface area contributed by atoms with Crippen molar-refractivity contribution < 1.29 is 14.5 Å². The van der Waals surface area contributed by atoms with Gasteiger partial charge in [-0.15, -0.1) is 5.10 Å². The zero-order chi connectivity index (χ0) is 21.8. The Morgan fingerprint density at radius 1 is 1.17 bits per heavy atom. The number of nitrogens with zero attached hydrogens (tertiary/aromatic N) is 4. The lowest BCUT2D eigenvalue weighted by Crippen LogP contribution is -2.27. The standard InChI is InChI=1S/C21H23N5O4/c1-13(2)30-19-7-5-6-16(12-19)14(3)22-21(27)20-15(4)25(24-23-20)17-8-10-18(11-9-17)26(28)29/h5-14H,1-4H3,(H,22,27). The third-order valence-electron chi connectivity index (χ3n) is 4.49. The van der Waals surface area contributed by atoms with Crippen LogP contribution in [0.25, 0.3) is 5.69 Å². The van der Waals surface area contributed by atoms with Gasteiger partial charge in [0.15, 0.2) is 5.69 Å². The molecule has 0 saturated carbocycles. The average molecular weight is 409 g/mol. The van der Waals surface area contributed by atoms with E-state index < -0.39 is 4.92 Å². The molecule has 1 heterocycles. The number of nitro benzene ring substituents is 1. The number of amides is 1. The number of benzene rings is 2. The van der Waals surface area contributed by atoms with Gasteiger partial charge in [-0.2, -0.15) is 0 Å². The van der Waals surface area contributed by atoms with Crippen LogP contribution in [-0.2, 0) is 0 Å². The van der Waals surface area contributed by atoms with Gasteiger partial charge < -0.3 is 10.1 Å². The highest BCUT2D eigenvalue weighted by molar-refractivity contribution is 5.93. The predicted octanol–water partition coefficient (Wildman–Crippen LogP) is 3.76. The first-order valence-electron chi connectivity index (χ1n) is 9.51. The van der Waals surface area contributed by atoms with Gasteiger partial charge in [0, 0.05) is 12.1 Å². The maximum absolute atomic E-state index is 12.8. The van der Waals surface area contributed by atoms with Gasteiger partial charge in [-0.3, -0.25) is 14.9 Å². The minimum atomic E-state index is -0.473. The second-order valence-electron chi connectivity index (χ2n) is 7.14. The number of aromatic nitrogens is 3. The predicted molar refractivity (Wildman–Crippen MR) is 111 cm³/mol. The van der Waals surface area contributed by atoms with Gasteiger partial charge in [0.25, 0.3) is 11.6 Å². The Labute approximate surface area is 173 Å². The van der Waals surface area contributed by atoms with Gasteiger partial charge in [0.1, 0.15) is 5.75 Å². The normalized spacial score (nSPS) is 11.9. The second-order valence-corrected chi connectivity index (χ2v) is 7.14. The van der Waals surface area contributed by atoms with Crippen LogP contribution in [0.4, 0.5) is 5.69 Å². The van der Waals surface area contributed by atoms with Gasteiger partial charge in [-0.25, -0.2) is 4.68 Å². The van der Waals surface area contributed by atoms with Crippen LogP contribution in [0.15, 0.2) is 48.5 Å². The van der Waals surface area contributed by atoms with Crippen LogP contribution in [0.2, 0.25) is 0 Å². The minimum absolute atomic E-state index is 0.0213. The molecule has 9 heteroatoms. The zero-order valence-corrected chi connectivity index (χ0v) is 17.2. The van der Waals surface area contributed by atoms with Crippen LogP contribution in [0.1, 0.15) is 48.6 Å². The van der Waals surface area contributed by atoms with Crippen molar-refractivity contribution >= 4 is 11.6 Å². The molecule has 0 aliphatic carbocycles. The fourth-order valence-electron chi connectivity index (χ4n) is 2.98. The third-order valence-corrected chi connectivity index (χ3v) is 4.49. The lowest BCUT2D eigenvalue weighted by Gasteiger charge is -2.16. The summed E-state index contributed by atoms with van der Waals surface area (Å²) in [6.07, 6.45) is 0.0576. The van der Waals surface area contributed by atoms with Crippen LogP contribution in [0.3, 0.4) is 0 Å². The molecule has 1 aromatic heterocycles. The molecular formula is C21H23N5O4. The molecule has 0 saturated heterocycles. The Hall–Kier alpha value is -3.75. The molecular weight excluding hydrogens is 386 g/mol. The van der Waals surface area contributed by atoms with Crippen molar-refractivity contribution in [3.8, 4) is 11.4 Å². The first kappa shape index (κ1) is 21.0. The first-order valence-corrected chi connectivity index (χ1v) is 9.51. The molecule has 0 fully saturated rings. The lowest BCUT2D eigenvalue weighted by molar-refractivity contribution is -0.384. The highest BCUT2D eigenvalue weighted by Crippen LogP contribution is 2.21. The molecule has 9 nitrogen and oxygen atoms in total. The SMILES string of the molecule is Cc1c(C(=O)NC(C)c2cccc(OC(C)C)c2)nnn1-c1ccc([N+](=O)[O-])cc1. The number of non-ortho nitro benzene ring substituents is 1. The molecule has 1 unspecified atom stereocenters. The fourth-order valence-corrected chi connectivity index (χ4v) is 2.98. The number of carbonyl (C=O) groups excluding carboxylic acids is 1. The molecule has 0 bridgehead atoms. The quantitative estimate of drug-likeness (QED) is 0.470. The van der Waals surface area contributed by atoms with E-state index in [9.17, 15) is 14.9 Å². The van der Waals surface area contributed by atoms with Gasteiger partial charge in [-0.1, -0.05) is 17.3 Å². The van der Waals surface area contributed by atoms with Crippen LogP contribution >= 0.6 is 0 Å². The highest BCUT2D eigenvalue weighted by Gasteiger charge is 2.20. The number of nitro groups is 1. The summed E-state index contributed by atoms with van der Waals surface area (Å²) < 4.78 is 7.18. The number of ether oxygens (including phenoxy) is 1. The Bertz CT molecular complexity index is 1060. The maximum Gasteiger partial charge on any atom is 0.274 e. The van der Waals surface area contributed by atoms with Gasteiger partial charge in [-0.05, 0) is 57.5 Å². The van der Waals surface area contributed by atoms with Crippen LogP contribution < -0.4 is 10.1 Å². The minimum Gasteiger partial charge on any atom is -0.491 e. The second kappa shape index (κ2) is 8.73. The number of carbonyl (C=O) groups is 1. The van der Waals surface area contributed by atoms with Crippen molar-refractivity contribution in [1.29, 1.82) is 0 Å². The van der Waals surface area contributed by atoms with E-state index in [4.69, 9.17) is 4.74 Å². The first-order chi connectivity index (χ1) is 14.3. The smallest absolute Gasteiger partial charge is 0.274 e. The molecule has 1 amide bonds. The van der Waals surface area contributed by atoms with E-state index in [0.29, 0.717) is 11.4 Å². The number of rotatable bonds is 7. The Morgan fingerprint density at radius 3 is 2.50 bits per heavy atom. The van der Waals surface area contributed by atoms with E-state index in [1.807, 2.05) is 45.0 Å². The summed E-state index contributed by atoms with van der Waals surface area (Å²) in [7, 11) is 0. The highest BCUT2D eigenvalue weighted by atomic mass is 16.6. The lowest BCUT2D eigenvalue weighted by atomic mass is 10.1. The molecule has 30 heavy (non-hydrogen) atoms. The molecule has 0 radical (unpaired) electrons. The fraction of sp³-hybridized carbons (Fsp3) is 0.286. The monoisotopic (exact) mass is 409 g/mol. The van der Waals surface area contributed by atoms with Crippen molar-refractivity contribution in [3.63, 3.8) is 0 Å². The third kappa shape index (κ3) is 4.62. The Balaban J connectivity index is 1.75. The summed E-state index contributed by atoms with van der Waals surface area (Å²) in [5, 5.41) is 21.8. The molecule has 0 aliphatic heterocycles. The number of hydrogen-bond acceptors (Lipinski definition) is 6. The number of hydrogen-bond donors (Lipinski definition) is 1. The van der Waals surface area contributed by atoms with Crippen molar-refractivity contribution in [3.05, 3.63) is 75.6 Å². The molecule has 2 aromatic carbocycles. The van der Waals surface area contributed by atoms with Crippen LogP contribution in [0, 0.1) is 17.0 Å². The van der Waals surface area contributed by atoms with Crippen molar-refractivity contribution in [2.75, 3.05) is 0 Å². The summed E-state index contributed by atoms with van der Waals surface area (Å²) in [4.78, 5) is 23.1. The van der Waals surface area contributed by atoms with Gasteiger partial charge >= 0.3 is 0 Å². The Morgan fingerprint density at radius 2 is 1.87 bits per heavy atom. The average Bonchev–Trinajstić information content (AvgIpc) is 3.09. The van der Waals surface area contributed by atoms with E-state index in [1.165, 1.54) is 16.8 Å². The molecule has 0 spiro atoms. The summed E-state index contributed by atoms with van der Waals surface area (Å²) in [6, 6.07) is 13.2. The summed E-state index contributed by atoms with van der Waals surface area (Å²) in [5.41, 5.74) is 2.19. The summed E-state index contributed by atoms with van der Waals surface area (Å²) in [5.74, 6) is 0.382.